The Hall–Kier alpha value is -1.46. The normalized spacial score (nSPS) is 19.9. The Bertz CT molecular complexity index is 478. The van der Waals surface area contributed by atoms with Crippen LogP contribution in [0.15, 0.2) is 18.2 Å². The van der Waals surface area contributed by atoms with Gasteiger partial charge in [0.1, 0.15) is 5.82 Å². The molecule has 1 amide bonds. The fourth-order valence-corrected chi connectivity index (χ4v) is 2.36. The minimum Gasteiger partial charge on any atom is -0.351 e. The molecule has 0 bridgehead atoms. The van der Waals surface area contributed by atoms with E-state index in [0.717, 1.165) is 25.2 Å². The third-order valence-corrected chi connectivity index (χ3v) is 3.55. The Morgan fingerprint density at radius 1 is 1.55 bits per heavy atom. The van der Waals surface area contributed by atoms with Gasteiger partial charge in [-0.3, -0.25) is 9.69 Å². The van der Waals surface area contributed by atoms with E-state index in [4.69, 9.17) is 0 Å². The topological polar surface area (TPSA) is 44.4 Å². The molecule has 0 radical (unpaired) electrons. The number of nitrogens with zero attached hydrogens (tertiary/aromatic N) is 1. The molecule has 1 fully saturated rings. The Labute approximate surface area is 119 Å². The molecule has 0 unspecified atom stereocenters. The number of carbonyl (C=O) groups excluding carboxylic acids is 1. The number of amides is 1. The highest BCUT2D eigenvalue weighted by Crippen LogP contribution is 2.08. The van der Waals surface area contributed by atoms with Gasteiger partial charge in [-0.1, -0.05) is 12.1 Å². The molecule has 2 rings (SSSR count). The highest BCUT2D eigenvalue weighted by atomic mass is 19.1. The smallest absolute Gasteiger partial charge is 0.234 e. The van der Waals surface area contributed by atoms with E-state index in [1.807, 2.05) is 6.07 Å². The molecule has 1 aromatic carbocycles. The molecule has 0 saturated carbocycles. The highest BCUT2D eigenvalue weighted by molar-refractivity contribution is 5.78. The second-order valence-electron chi connectivity index (χ2n) is 5.45. The van der Waals surface area contributed by atoms with Crippen molar-refractivity contribution >= 4 is 5.91 Å². The zero-order valence-corrected chi connectivity index (χ0v) is 12.1. The zero-order valence-electron chi connectivity index (χ0n) is 12.1. The zero-order chi connectivity index (χ0) is 14.5. The molecule has 20 heavy (non-hydrogen) atoms. The van der Waals surface area contributed by atoms with Crippen LogP contribution in [0.3, 0.4) is 0 Å². The van der Waals surface area contributed by atoms with Gasteiger partial charge in [0.25, 0.3) is 0 Å². The van der Waals surface area contributed by atoms with Crippen molar-refractivity contribution in [2.45, 2.75) is 26.4 Å². The quantitative estimate of drug-likeness (QED) is 0.866. The standard InChI is InChI=1S/C15H22FN3O/c1-11-3-4-13(7-14(11)16)8-18-15(20)10-19-6-5-17-12(2)9-19/h3-4,7,12,17H,5-6,8-10H2,1-2H3,(H,18,20)/t12-/m1/s1. The molecule has 5 heteroatoms. The minimum atomic E-state index is -0.229. The maximum atomic E-state index is 13.4. The van der Waals surface area contributed by atoms with Crippen molar-refractivity contribution in [2.75, 3.05) is 26.2 Å². The number of piperazine rings is 1. The summed E-state index contributed by atoms with van der Waals surface area (Å²) in [5.41, 5.74) is 1.41. The fraction of sp³-hybridized carbons (Fsp3) is 0.533. The third-order valence-electron chi connectivity index (χ3n) is 3.55. The summed E-state index contributed by atoms with van der Waals surface area (Å²) in [4.78, 5) is 14.0. The van der Waals surface area contributed by atoms with Gasteiger partial charge in [0.2, 0.25) is 5.91 Å². The number of carbonyl (C=O) groups is 1. The molecule has 1 aliphatic heterocycles. The molecule has 0 aromatic heterocycles. The van der Waals surface area contributed by atoms with Crippen LogP contribution in [0.4, 0.5) is 4.39 Å². The van der Waals surface area contributed by atoms with Crippen molar-refractivity contribution in [3.05, 3.63) is 35.1 Å². The average molecular weight is 279 g/mol. The lowest BCUT2D eigenvalue weighted by molar-refractivity contribution is -0.122. The van der Waals surface area contributed by atoms with Crippen LogP contribution in [0.1, 0.15) is 18.1 Å². The van der Waals surface area contributed by atoms with Crippen molar-refractivity contribution in [1.82, 2.24) is 15.5 Å². The van der Waals surface area contributed by atoms with Crippen molar-refractivity contribution in [2.24, 2.45) is 0 Å². The first kappa shape index (κ1) is 14.9. The van der Waals surface area contributed by atoms with Crippen LogP contribution in [0.25, 0.3) is 0 Å². The minimum absolute atomic E-state index is 0.0138. The first-order valence-corrected chi connectivity index (χ1v) is 7.02. The summed E-state index contributed by atoms with van der Waals surface area (Å²) < 4.78 is 13.4. The van der Waals surface area contributed by atoms with Gasteiger partial charge in [-0.15, -0.1) is 0 Å². The lowest BCUT2D eigenvalue weighted by Crippen LogP contribution is -2.51. The summed E-state index contributed by atoms with van der Waals surface area (Å²) in [5.74, 6) is -0.243. The SMILES string of the molecule is Cc1ccc(CNC(=O)CN2CCN[C@H](C)C2)cc1F. The molecule has 1 heterocycles. The van der Waals surface area contributed by atoms with E-state index in [2.05, 4.69) is 22.5 Å². The average Bonchev–Trinajstić information content (AvgIpc) is 2.40. The van der Waals surface area contributed by atoms with Gasteiger partial charge in [-0.25, -0.2) is 4.39 Å². The second-order valence-corrected chi connectivity index (χ2v) is 5.45. The summed E-state index contributed by atoms with van der Waals surface area (Å²) in [6.45, 7) is 7.29. The van der Waals surface area contributed by atoms with E-state index in [1.54, 1.807) is 13.0 Å². The van der Waals surface area contributed by atoms with Gasteiger partial charge < -0.3 is 10.6 Å². The Kier molecular flexibility index (Phi) is 5.09. The Balaban J connectivity index is 1.78. The van der Waals surface area contributed by atoms with Gasteiger partial charge in [-0.2, -0.15) is 0 Å². The highest BCUT2D eigenvalue weighted by Gasteiger charge is 2.17. The summed E-state index contributed by atoms with van der Waals surface area (Å²) >= 11 is 0. The number of benzene rings is 1. The maximum absolute atomic E-state index is 13.4. The molecule has 0 aliphatic carbocycles. The van der Waals surface area contributed by atoms with Gasteiger partial charge in [0.05, 0.1) is 6.54 Å². The van der Waals surface area contributed by atoms with Crippen LogP contribution in [0.5, 0.6) is 0 Å². The molecule has 1 aliphatic rings. The van der Waals surface area contributed by atoms with Crippen LogP contribution < -0.4 is 10.6 Å². The summed E-state index contributed by atoms with van der Waals surface area (Å²) in [6, 6.07) is 5.46. The van der Waals surface area contributed by atoms with E-state index in [1.165, 1.54) is 6.07 Å². The van der Waals surface area contributed by atoms with Gasteiger partial charge in [0, 0.05) is 32.2 Å². The number of nitrogens with one attached hydrogen (secondary N) is 2. The van der Waals surface area contributed by atoms with Gasteiger partial charge in [-0.05, 0) is 31.0 Å². The third kappa shape index (κ3) is 4.28. The molecular weight excluding hydrogens is 257 g/mol. The number of aryl methyl sites for hydroxylation is 1. The molecule has 1 aromatic rings. The summed E-state index contributed by atoms with van der Waals surface area (Å²) in [7, 11) is 0. The van der Waals surface area contributed by atoms with Crippen molar-refractivity contribution in [1.29, 1.82) is 0 Å². The molecule has 110 valence electrons. The van der Waals surface area contributed by atoms with E-state index in [0.29, 0.717) is 24.7 Å². The molecule has 1 atom stereocenters. The number of hydrogen-bond donors (Lipinski definition) is 2. The predicted molar refractivity (Wildman–Crippen MR) is 76.9 cm³/mol. The van der Waals surface area contributed by atoms with Crippen molar-refractivity contribution in [3.63, 3.8) is 0 Å². The molecular formula is C15H22FN3O. The predicted octanol–water partition coefficient (Wildman–Crippen LogP) is 1.04. The summed E-state index contributed by atoms with van der Waals surface area (Å²) in [5, 5.41) is 6.18. The van der Waals surface area contributed by atoms with Crippen molar-refractivity contribution in [3.8, 4) is 0 Å². The van der Waals surface area contributed by atoms with E-state index >= 15 is 0 Å². The molecule has 0 spiro atoms. The molecule has 4 nitrogen and oxygen atoms in total. The van der Waals surface area contributed by atoms with Crippen LogP contribution in [-0.4, -0.2) is 43.0 Å². The fourth-order valence-electron chi connectivity index (χ4n) is 2.36. The first-order chi connectivity index (χ1) is 9.54. The molecule has 2 N–H and O–H groups in total. The van der Waals surface area contributed by atoms with E-state index in [-0.39, 0.29) is 11.7 Å². The van der Waals surface area contributed by atoms with Crippen LogP contribution in [0, 0.1) is 12.7 Å². The monoisotopic (exact) mass is 279 g/mol. The Morgan fingerprint density at radius 2 is 2.35 bits per heavy atom. The maximum Gasteiger partial charge on any atom is 0.234 e. The van der Waals surface area contributed by atoms with Gasteiger partial charge >= 0.3 is 0 Å². The van der Waals surface area contributed by atoms with Crippen LogP contribution >= 0.6 is 0 Å². The van der Waals surface area contributed by atoms with E-state index in [9.17, 15) is 9.18 Å². The number of hydrogen-bond acceptors (Lipinski definition) is 3. The van der Waals surface area contributed by atoms with Crippen LogP contribution in [0.2, 0.25) is 0 Å². The Morgan fingerprint density at radius 3 is 3.05 bits per heavy atom. The largest absolute Gasteiger partial charge is 0.351 e. The van der Waals surface area contributed by atoms with Crippen LogP contribution in [-0.2, 0) is 11.3 Å². The lowest BCUT2D eigenvalue weighted by Gasteiger charge is -2.31. The second kappa shape index (κ2) is 6.81. The number of rotatable bonds is 4. The number of halogens is 1. The summed E-state index contributed by atoms with van der Waals surface area (Å²) in [6.07, 6.45) is 0. The van der Waals surface area contributed by atoms with E-state index < -0.39 is 0 Å². The van der Waals surface area contributed by atoms with Crippen molar-refractivity contribution < 1.29 is 9.18 Å². The molecule has 1 saturated heterocycles. The lowest BCUT2D eigenvalue weighted by atomic mass is 10.1. The van der Waals surface area contributed by atoms with Gasteiger partial charge in [0.15, 0.2) is 0 Å². The first-order valence-electron chi connectivity index (χ1n) is 7.02.